The molecule has 1 heterocycles. The topological polar surface area (TPSA) is 70.7 Å². The molecular weight excluding hydrogens is 288 g/mol. The van der Waals surface area contributed by atoms with Crippen LogP contribution in [0.2, 0.25) is 0 Å². The Bertz CT molecular complexity index is 862. The summed E-state index contributed by atoms with van der Waals surface area (Å²) in [6.45, 7) is 0.609. The molecule has 0 bridgehead atoms. The average molecular weight is 302 g/mol. The summed E-state index contributed by atoms with van der Waals surface area (Å²) >= 11 is 0. The van der Waals surface area contributed by atoms with Crippen molar-refractivity contribution in [2.45, 2.75) is 6.54 Å². The fraction of sp³-hybridized carbons (Fsp3) is 0.0556. The molecule has 0 atom stereocenters. The van der Waals surface area contributed by atoms with Crippen LogP contribution in [-0.2, 0) is 6.54 Å². The van der Waals surface area contributed by atoms with Gasteiger partial charge in [0.1, 0.15) is 0 Å². The number of nitriles is 1. The molecule has 1 aromatic heterocycles. The highest BCUT2D eigenvalue weighted by Crippen LogP contribution is 2.12. The third-order valence-corrected chi connectivity index (χ3v) is 3.33. The largest absolute Gasteiger partial charge is 0.322 e. The van der Waals surface area contributed by atoms with E-state index in [0.29, 0.717) is 23.4 Å². The van der Waals surface area contributed by atoms with Gasteiger partial charge in [0.25, 0.3) is 5.91 Å². The number of hydrogen-bond donors (Lipinski definition) is 1. The molecule has 0 spiro atoms. The molecule has 3 rings (SSSR count). The van der Waals surface area contributed by atoms with Crippen molar-refractivity contribution in [1.82, 2.24) is 9.78 Å². The monoisotopic (exact) mass is 302 g/mol. The molecule has 1 amide bonds. The number of aromatic nitrogens is 2. The van der Waals surface area contributed by atoms with E-state index in [1.807, 2.05) is 36.4 Å². The Morgan fingerprint density at radius 3 is 2.78 bits per heavy atom. The second-order valence-corrected chi connectivity index (χ2v) is 5.06. The van der Waals surface area contributed by atoms with Crippen LogP contribution in [0.15, 0.2) is 67.0 Å². The van der Waals surface area contributed by atoms with Crippen LogP contribution in [0.1, 0.15) is 21.5 Å². The second-order valence-electron chi connectivity index (χ2n) is 5.06. The normalized spacial score (nSPS) is 10.0. The molecule has 0 saturated heterocycles. The summed E-state index contributed by atoms with van der Waals surface area (Å²) in [6.07, 6.45) is 3.24. The molecule has 5 nitrogen and oxygen atoms in total. The lowest BCUT2D eigenvalue weighted by Crippen LogP contribution is -2.11. The fourth-order valence-corrected chi connectivity index (χ4v) is 2.21. The molecule has 0 aliphatic carbocycles. The molecule has 0 aliphatic rings. The standard InChI is InChI=1S/C18H14N4O/c19-10-15-7-4-8-17(9-15)21-18(23)16-11-20-22(13-16)12-14-5-2-1-3-6-14/h1-9,11,13H,12H2,(H,21,23). The summed E-state index contributed by atoms with van der Waals surface area (Å²) in [7, 11) is 0. The van der Waals surface area contributed by atoms with Crippen molar-refractivity contribution in [2.24, 2.45) is 0 Å². The van der Waals surface area contributed by atoms with Gasteiger partial charge in [0, 0.05) is 11.9 Å². The van der Waals surface area contributed by atoms with Crippen molar-refractivity contribution >= 4 is 11.6 Å². The first-order valence-electron chi connectivity index (χ1n) is 7.12. The van der Waals surface area contributed by atoms with Crippen molar-refractivity contribution in [3.05, 3.63) is 83.7 Å². The van der Waals surface area contributed by atoms with Crippen LogP contribution in [0.3, 0.4) is 0 Å². The minimum atomic E-state index is -0.251. The summed E-state index contributed by atoms with van der Waals surface area (Å²) in [6, 6.07) is 18.7. The van der Waals surface area contributed by atoms with Crippen LogP contribution in [0.25, 0.3) is 0 Å². The molecule has 0 unspecified atom stereocenters. The summed E-state index contributed by atoms with van der Waals surface area (Å²) < 4.78 is 1.72. The van der Waals surface area contributed by atoms with Crippen LogP contribution in [0, 0.1) is 11.3 Å². The first-order chi connectivity index (χ1) is 11.2. The molecular formula is C18H14N4O. The first-order valence-corrected chi connectivity index (χ1v) is 7.12. The number of nitrogens with zero attached hydrogens (tertiary/aromatic N) is 3. The van der Waals surface area contributed by atoms with E-state index in [1.165, 1.54) is 6.20 Å². The molecule has 112 valence electrons. The lowest BCUT2D eigenvalue weighted by atomic mass is 10.2. The van der Waals surface area contributed by atoms with Crippen LogP contribution in [0.5, 0.6) is 0 Å². The van der Waals surface area contributed by atoms with Gasteiger partial charge in [-0.15, -0.1) is 0 Å². The van der Waals surface area contributed by atoms with Gasteiger partial charge in [-0.3, -0.25) is 9.48 Å². The summed E-state index contributed by atoms with van der Waals surface area (Å²) in [4.78, 5) is 12.2. The van der Waals surface area contributed by atoms with Gasteiger partial charge in [-0.1, -0.05) is 36.4 Å². The number of nitrogens with one attached hydrogen (secondary N) is 1. The predicted octanol–water partition coefficient (Wildman–Crippen LogP) is 3.06. The quantitative estimate of drug-likeness (QED) is 0.805. The first kappa shape index (κ1) is 14.5. The Balaban J connectivity index is 1.70. The van der Waals surface area contributed by atoms with Gasteiger partial charge in [-0.05, 0) is 23.8 Å². The van der Waals surface area contributed by atoms with Gasteiger partial charge in [-0.25, -0.2) is 0 Å². The van der Waals surface area contributed by atoms with E-state index in [-0.39, 0.29) is 5.91 Å². The molecule has 0 fully saturated rings. The maximum Gasteiger partial charge on any atom is 0.258 e. The molecule has 5 heteroatoms. The number of anilines is 1. The van der Waals surface area contributed by atoms with Gasteiger partial charge >= 0.3 is 0 Å². The van der Waals surface area contributed by atoms with Gasteiger partial charge in [0.15, 0.2) is 0 Å². The molecule has 2 aromatic carbocycles. The smallest absolute Gasteiger partial charge is 0.258 e. The number of benzene rings is 2. The van der Waals surface area contributed by atoms with E-state index in [1.54, 1.807) is 35.1 Å². The Labute approximate surface area is 133 Å². The number of carbonyl (C=O) groups is 1. The van der Waals surface area contributed by atoms with Crippen LogP contribution in [0.4, 0.5) is 5.69 Å². The average Bonchev–Trinajstić information content (AvgIpc) is 3.04. The van der Waals surface area contributed by atoms with E-state index in [4.69, 9.17) is 5.26 Å². The van der Waals surface area contributed by atoms with Gasteiger partial charge < -0.3 is 5.32 Å². The molecule has 0 saturated carbocycles. The summed E-state index contributed by atoms with van der Waals surface area (Å²) in [5, 5.41) is 15.9. The molecule has 0 radical (unpaired) electrons. The van der Waals surface area contributed by atoms with Crippen LogP contribution >= 0.6 is 0 Å². The zero-order chi connectivity index (χ0) is 16.1. The van der Waals surface area contributed by atoms with Crippen molar-refractivity contribution in [3.63, 3.8) is 0 Å². The number of amides is 1. The van der Waals surface area contributed by atoms with E-state index in [0.717, 1.165) is 5.56 Å². The minimum Gasteiger partial charge on any atom is -0.322 e. The van der Waals surface area contributed by atoms with Crippen molar-refractivity contribution < 1.29 is 4.79 Å². The highest BCUT2D eigenvalue weighted by Gasteiger charge is 2.09. The second kappa shape index (κ2) is 6.58. The maximum absolute atomic E-state index is 12.2. The number of carbonyl (C=O) groups excluding carboxylic acids is 1. The number of rotatable bonds is 4. The van der Waals surface area contributed by atoms with E-state index in [9.17, 15) is 4.79 Å². The highest BCUT2D eigenvalue weighted by atomic mass is 16.1. The van der Waals surface area contributed by atoms with Crippen molar-refractivity contribution in [1.29, 1.82) is 5.26 Å². The third-order valence-electron chi connectivity index (χ3n) is 3.33. The van der Waals surface area contributed by atoms with E-state index < -0.39 is 0 Å². The Kier molecular flexibility index (Phi) is 4.16. The van der Waals surface area contributed by atoms with Crippen LogP contribution < -0.4 is 5.32 Å². The lowest BCUT2D eigenvalue weighted by molar-refractivity contribution is 0.102. The zero-order valence-electron chi connectivity index (χ0n) is 12.3. The fourth-order valence-electron chi connectivity index (χ4n) is 2.21. The predicted molar refractivity (Wildman–Crippen MR) is 86.9 cm³/mol. The third kappa shape index (κ3) is 3.63. The molecule has 0 aliphatic heterocycles. The Morgan fingerprint density at radius 1 is 1.17 bits per heavy atom. The summed E-state index contributed by atoms with van der Waals surface area (Å²) in [5.41, 5.74) is 2.68. The maximum atomic E-state index is 12.2. The molecule has 3 aromatic rings. The van der Waals surface area contributed by atoms with E-state index >= 15 is 0 Å². The Morgan fingerprint density at radius 2 is 2.00 bits per heavy atom. The van der Waals surface area contributed by atoms with Crippen molar-refractivity contribution in [2.75, 3.05) is 5.32 Å². The van der Waals surface area contributed by atoms with E-state index in [2.05, 4.69) is 10.4 Å². The molecule has 1 N–H and O–H groups in total. The van der Waals surface area contributed by atoms with Gasteiger partial charge in [0.05, 0.1) is 29.9 Å². The lowest BCUT2D eigenvalue weighted by Gasteiger charge is -2.03. The minimum absolute atomic E-state index is 0.251. The number of hydrogen-bond acceptors (Lipinski definition) is 3. The van der Waals surface area contributed by atoms with Crippen molar-refractivity contribution in [3.8, 4) is 6.07 Å². The van der Waals surface area contributed by atoms with Gasteiger partial charge in [0.2, 0.25) is 0 Å². The Hall–Kier alpha value is -3.39. The van der Waals surface area contributed by atoms with Crippen LogP contribution in [-0.4, -0.2) is 15.7 Å². The summed E-state index contributed by atoms with van der Waals surface area (Å²) in [5.74, 6) is -0.251. The van der Waals surface area contributed by atoms with Gasteiger partial charge in [-0.2, -0.15) is 10.4 Å². The highest BCUT2D eigenvalue weighted by molar-refractivity contribution is 6.04. The zero-order valence-corrected chi connectivity index (χ0v) is 12.3. The SMILES string of the molecule is N#Cc1cccc(NC(=O)c2cnn(Cc3ccccc3)c2)c1. The molecule has 23 heavy (non-hydrogen) atoms.